The van der Waals surface area contributed by atoms with Crippen LogP contribution in [0, 0.1) is 39.9 Å². The summed E-state index contributed by atoms with van der Waals surface area (Å²) >= 11 is 0. The predicted molar refractivity (Wildman–Crippen MR) is 88.7 cm³/mol. The fourth-order valence-electron chi connectivity index (χ4n) is 6.88. The SMILES string of the molecule is CC12CCC(=O)C=C1CCC1C2C(O)CC2(C)C1CCC2(O)C#N. The molecule has 0 amide bonds. The van der Waals surface area contributed by atoms with Crippen molar-refractivity contribution >= 4 is 5.78 Å². The predicted octanol–water partition coefficient (Wildman–Crippen LogP) is 2.74. The third-order valence-corrected chi connectivity index (χ3v) is 8.23. The Morgan fingerprint density at radius 3 is 2.71 bits per heavy atom. The Labute approximate surface area is 143 Å². The van der Waals surface area contributed by atoms with E-state index >= 15 is 0 Å². The minimum atomic E-state index is -1.32. The molecule has 7 atom stereocenters. The van der Waals surface area contributed by atoms with Crippen molar-refractivity contribution in [3.63, 3.8) is 0 Å². The molecule has 0 radical (unpaired) electrons. The molecule has 0 aliphatic heterocycles. The van der Waals surface area contributed by atoms with Crippen LogP contribution in [0.4, 0.5) is 0 Å². The summed E-state index contributed by atoms with van der Waals surface area (Å²) in [5.74, 6) is 0.975. The summed E-state index contributed by atoms with van der Waals surface area (Å²) in [6, 6.07) is 2.16. The van der Waals surface area contributed by atoms with Crippen LogP contribution in [0.25, 0.3) is 0 Å². The molecule has 3 fully saturated rings. The molecule has 2 N–H and O–H groups in total. The average molecular weight is 329 g/mol. The van der Waals surface area contributed by atoms with E-state index < -0.39 is 17.1 Å². The van der Waals surface area contributed by atoms with Gasteiger partial charge in [-0.3, -0.25) is 4.79 Å². The number of ketones is 1. The molecular weight excluding hydrogens is 302 g/mol. The van der Waals surface area contributed by atoms with Crippen molar-refractivity contribution < 1.29 is 15.0 Å². The number of allylic oxidation sites excluding steroid dienone is 1. The number of carbonyl (C=O) groups is 1. The number of aliphatic hydroxyl groups excluding tert-OH is 1. The van der Waals surface area contributed by atoms with Gasteiger partial charge in [-0.25, -0.2) is 0 Å². The standard InChI is InChI=1S/C20H27NO3/c1-18-7-5-13(22)9-12(18)3-4-14-15-6-8-20(24,11-21)19(15,2)10-16(23)17(14)18/h9,14-17,23-24H,3-8,10H2,1-2H3. The lowest BCUT2D eigenvalue weighted by atomic mass is 9.45. The van der Waals surface area contributed by atoms with Crippen molar-refractivity contribution in [2.45, 2.75) is 70.5 Å². The Bertz CT molecular complexity index is 664. The van der Waals surface area contributed by atoms with E-state index in [9.17, 15) is 20.3 Å². The van der Waals surface area contributed by atoms with E-state index in [1.54, 1.807) is 0 Å². The average Bonchev–Trinajstić information content (AvgIpc) is 2.79. The van der Waals surface area contributed by atoms with Gasteiger partial charge in [-0.2, -0.15) is 5.26 Å². The summed E-state index contributed by atoms with van der Waals surface area (Å²) in [5.41, 5.74) is -0.727. The highest BCUT2D eigenvalue weighted by Gasteiger charge is 2.66. The zero-order valence-corrected chi connectivity index (χ0v) is 14.6. The zero-order valence-electron chi connectivity index (χ0n) is 14.6. The van der Waals surface area contributed by atoms with Crippen molar-refractivity contribution in [2.24, 2.45) is 28.6 Å². The lowest BCUT2D eigenvalue weighted by Gasteiger charge is -2.60. The smallest absolute Gasteiger partial charge is 0.156 e. The maximum Gasteiger partial charge on any atom is 0.156 e. The third-order valence-electron chi connectivity index (χ3n) is 8.23. The van der Waals surface area contributed by atoms with Crippen LogP contribution in [0.2, 0.25) is 0 Å². The minimum Gasteiger partial charge on any atom is -0.393 e. The lowest BCUT2D eigenvalue weighted by molar-refractivity contribution is -0.156. The van der Waals surface area contributed by atoms with Crippen LogP contribution in [0.3, 0.4) is 0 Å². The molecule has 7 unspecified atom stereocenters. The molecule has 3 saturated carbocycles. The molecule has 0 aromatic heterocycles. The Kier molecular flexibility index (Phi) is 3.34. The first kappa shape index (κ1) is 16.3. The van der Waals surface area contributed by atoms with Crippen molar-refractivity contribution in [2.75, 3.05) is 0 Å². The molecule has 0 spiro atoms. The number of aliphatic hydroxyl groups is 2. The van der Waals surface area contributed by atoms with Gasteiger partial charge in [0.1, 0.15) is 0 Å². The largest absolute Gasteiger partial charge is 0.393 e. The molecule has 4 nitrogen and oxygen atoms in total. The number of fused-ring (bicyclic) bond motifs is 5. The van der Waals surface area contributed by atoms with Crippen LogP contribution in [-0.2, 0) is 4.79 Å². The Balaban J connectivity index is 1.76. The van der Waals surface area contributed by atoms with Gasteiger partial charge in [0.05, 0.1) is 12.2 Å². The number of hydrogen-bond donors (Lipinski definition) is 2. The van der Waals surface area contributed by atoms with Gasteiger partial charge in [0.15, 0.2) is 11.4 Å². The molecule has 0 saturated heterocycles. The number of rotatable bonds is 0. The first-order valence-corrected chi connectivity index (χ1v) is 9.31. The highest BCUT2D eigenvalue weighted by Crippen LogP contribution is 2.67. The van der Waals surface area contributed by atoms with Crippen LogP contribution in [0.1, 0.15) is 58.8 Å². The van der Waals surface area contributed by atoms with Gasteiger partial charge in [-0.1, -0.05) is 19.4 Å². The molecule has 130 valence electrons. The van der Waals surface area contributed by atoms with Gasteiger partial charge in [-0.15, -0.1) is 0 Å². The zero-order chi connectivity index (χ0) is 17.3. The summed E-state index contributed by atoms with van der Waals surface area (Å²) in [4.78, 5) is 11.9. The molecule has 0 bridgehead atoms. The number of carbonyl (C=O) groups excluding carboxylic acids is 1. The Morgan fingerprint density at radius 1 is 1.25 bits per heavy atom. The Morgan fingerprint density at radius 2 is 2.00 bits per heavy atom. The van der Waals surface area contributed by atoms with Crippen molar-refractivity contribution in [3.8, 4) is 6.07 Å². The summed E-state index contributed by atoms with van der Waals surface area (Å²) < 4.78 is 0. The molecular formula is C20H27NO3. The van der Waals surface area contributed by atoms with Crippen LogP contribution in [0.5, 0.6) is 0 Å². The van der Waals surface area contributed by atoms with Crippen LogP contribution in [-0.4, -0.2) is 27.7 Å². The van der Waals surface area contributed by atoms with Gasteiger partial charge in [-0.05, 0) is 67.8 Å². The van der Waals surface area contributed by atoms with E-state index in [1.807, 2.05) is 13.0 Å². The van der Waals surface area contributed by atoms with Crippen LogP contribution >= 0.6 is 0 Å². The van der Waals surface area contributed by atoms with Gasteiger partial charge in [0, 0.05) is 11.8 Å². The van der Waals surface area contributed by atoms with E-state index in [1.165, 1.54) is 5.57 Å². The van der Waals surface area contributed by atoms with E-state index in [4.69, 9.17) is 0 Å². The molecule has 0 heterocycles. The maximum atomic E-state index is 11.9. The Hall–Kier alpha value is -1.18. The fourth-order valence-corrected chi connectivity index (χ4v) is 6.88. The highest BCUT2D eigenvalue weighted by atomic mass is 16.3. The molecule has 0 aromatic carbocycles. The first-order valence-electron chi connectivity index (χ1n) is 9.31. The maximum absolute atomic E-state index is 11.9. The second kappa shape index (κ2) is 4.93. The molecule has 4 aliphatic rings. The van der Waals surface area contributed by atoms with Gasteiger partial charge < -0.3 is 10.2 Å². The summed E-state index contributed by atoms with van der Waals surface area (Å²) in [7, 11) is 0. The first-order chi connectivity index (χ1) is 11.2. The van der Waals surface area contributed by atoms with E-state index in [2.05, 4.69) is 13.0 Å². The summed E-state index contributed by atoms with van der Waals surface area (Å²) in [6.07, 6.45) is 6.44. The monoisotopic (exact) mass is 329 g/mol. The molecule has 4 rings (SSSR count). The second-order valence-electron chi connectivity index (χ2n) is 9.09. The van der Waals surface area contributed by atoms with Crippen molar-refractivity contribution in [1.29, 1.82) is 5.26 Å². The molecule has 4 aliphatic carbocycles. The second-order valence-corrected chi connectivity index (χ2v) is 9.09. The normalized spacial score (nSPS) is 53.5. The fraction of sp³-hybridized carbons (Fsp3) is 0.800. The van der Waals surface area contributed by atoms with Crippen LogP contribution < -0.4 is 0 Å². The van der Waals surface area contributed by atoms with E-state index in [-0.39, 0.29) is 23.0 Å². The lowest BCUT2D eigenvalue weighted by Crippen LogP contribution is -2.59. The molecule has 0 aromatic rings. The number of nitrogens with zero attached hydrogens (tertiary/aromatic N) is 1. The third kappa shape index (κ3) is 1.83. The molecule has 4 heteroatoms. The van der Waals surface area contributed by atoms with Crippen molar-refractivity contribution in [3.05, 3.63) is 11.6 Å². The highest BCUT2D eigenvalue weighted by molar-refractivity contribution is 5.91. The van der Waals surface area contributed by atoms with Gasteiger partial charge in [0.2, 0.25) is 0 Å². The minimum absolute atomic E-state index is 0.106. The van der Waals surface area contributed by atoms with E-state index in [0.717, 1.165) is 25.7 Å². The number of hydrogen-bond acceptors (Lipinski definition) is 4. The van der Waals surface area contributed by atoms with E-state index in [0.29, 0.717) is 25.2 Å². The molecule has 24 heavy (non-hydrogen) atoms. The van der Waals surface area contributed by atoms with Gasteiger partial charge in [0.25, 0.3) is 0 Å². The summed E-state index contributed by atoms with van der Waals surface area (Å²) in [6.45, 7) is 4.23. The van der Waals surface area contributed by atoms with Crippen molar-refractivity contribution in [1.82, 2.24) is 0 Å². The van der Waals surface area contributed by atoms with Gasteiger partial charge >= 0.3 is 0 Å². The summed E-state index contributed by atoms with van der Waals surface area (Å²) in [5, 5.41) is 31.5. The quantitative estimate of drug-likeness (QED) is 0.670. The van der Waals surface area contributed by atoms with Crippen LogP contribution in [0.15, 0.2) is 11.6 Å². The number of nitriles is 1. The topological polar surface area (TPSA) is 81.3 Å².